The molecule has 1 unspecified atom stereocenters. The van der Waals surface area contributed by atoms with Crippen molar-refractivity contribution in [1.82, 2.24) is 5.32 Å². The highest BCUT2D eigenvalue weighted by atomic mass is 127. The number of thiophene rings is 1. The minimum absolute atomic E-state index is 0.313. The lowest BCUT2D eigenvalue weighted by atomic mass is 10.1. The average molecular weight is 343 g/mol. The Bertz CT molecular complexity index is 478. The van der Waals surface area contributed by atoms with Crippen LogP contribution in [0.4, 0.5) is 0 Å². The van der Waals surface area contributed by atoms with Gasteiger partial charge in [0.05, 0.1) is 6.04 Å². The molecule has 1 heterocycles. The Labute approximate surface area is 114 Å². The van der Waals surface area contributed by atoms with Gasteiger partial charge in [0.25, 0.3) is 0 Å². The molecule has 1 nitrogen and oxygen atoms in total. The zero-order chi connectivity index (χ0) is 11.5. The summed E-state index contributed by atoms with van der Waals surface area (Å²) in [5.41, 5.74) is 1.33. The van der Waals surface area contributed by atoms with Crippen LogP contribution < -0.4 is 5.32 Å². The summed E-state index contributed by atoms with van der Waals surface area (Å²) < 4.78 is 1.28. The quantitative estimate of drug-likeness (QED) is 0.832. The molecule has 0 aliphatic rings. The smallest absolute Gasteiger partial charge is 0.0669 e. The van der Waals surface area contributed by atoms with Crippen LogP contribution >= 0.6 is 33.9 Å². The lowest BCUT2D eigenvalue weighted by molar-refractivity contribution is 0.703. The van der Waals surface area contributed by atoms with Crippen LogP contribution in [0.15, 0.2) is 36.4 Å². The summed E-state index contributed by atoms with van der Waals surface area (Å²) in [7, 11) is 2.01. The van der Waals surface area contributed by atoms with E-state index in [0.29, 0.717) is 6.04 Å². The van der Waals surface area contributed by atoms with E-state index in [4.69, 9.17) is 0 Å². The van der Waals surface area contributed by atoms with Gasteiger partial charge in [0, 0.05) is 13.3 Å². The van der Waals surface area contributed by atoms with E-state index in [1.807, 2.05) is 18.4 Å². The summed E-state index contributed by atoms with van der Waals surface area (Å²) in [4.78, 5) is 2.74. The van der Waals surface area contributed by atoms with E-state index in [1.165, 1.54) is 18.9 Å². The molecule has 0 bridgehead atoms. The van der Waals surface area contributed by atoms with Crippen molar-refractivity contribution in [2.24, 2.45) is 0 Å². The molecule has 0 spiro atoms. The van der Waals surface area contributed by atoms with E-state index >= 15 is 0 Å². The molecular weight excluding hydrogens is 329 g/mol. The van der Waals surface area contributed by atoms with E-state index in [0.717, 1.165) is 0 Å². The molecule has 84 valence electrons. The van der Waals surface area contributed by atoms with Crippen LogP contribution in [0, 0.1) is 10.5 Å². The number of nitrogens with one attached hydrogen (secondary N) is 1. The minimum Gasteiger partial charge on any atom is -0.309 e. The summed E-state index contributed by atoms with van der Waals surface area (Å²) in [6, 6.07) is 13.3. The maximum atomic E-state index is 3.38. The zero-order valence-corrected chi connectivity index (χ0v) is 12.3. The second-order valence-corrected chi connectivity index (χ2v) is 6.29. The maximum Gasteiger partial charge on any atom is 0.0669 e. The van der Waals surface area contributed by atoms with Gasteiger partial charge in [-0.3, -0.25) is 0 Å². The summed E-state index contributed by atoms with van der Waals surface area (Å²) in [6.45, 7) is 2.15. The first-order valence-corrected chi connectivity index (χ1v) is 7.09. The monoisotopic (exact) mass is 343 g/mol. The fraction of sp³-hybridized carbons (Fsp3) is 0.231. The first-order valence-electron chi connectivity index (χ1n) is 5.20. The van der Waals surface area contributed by atoms with Crippen LogP contribution in [-0.4, -0.2) is 7.05 Å². The van der Waals surface area contributed by atoms with Gasteiger partial charge < -0.3 is 5.32 Å². The number of halogens is 1. The van der Waals surface area contributed by atoms with E-state index in [-0.39, 0.29) is 0 Å². The SMILES string of the molecule is CNC(c1cccc(I)c1)c1ccc(C)s1. The third-order valence-electron chi connectivity index (χ3n) is 2.52. The van der Waals surface area contributed by atoms with Gasteiger partial charge in [-0.2, -0.15) is 0 Å². The van der Waals surface area contributed by atoms with E-state index in [9.17, 15) is 0 Å². The predicted octanol–water partition coefficient (Wildman–Crippen LogP) is 3.97. The van der Waals surface area contributed by atoms with Crippen LogP contribution in [0.5, 0.6) is 0 Å². The molecule has 0 aliphatic heterocycles. The first kappa shape index (κ1) is 12.1. The molecule has 0 aliphatic carbocycles. The maximum absolute atomic E-state index is 3.38. The molecule has 3 heteroatoms. The summed E-state index contributed by atoms with van der Waals surface area (Å²) in [5, 5.41) is 3.38. The van der Waals surface area contributed by atoms with Crippen molar-refractivity contribution in [3.63, 3.8) is 0 Å². The van der Waals surface area contributed by atoms with Gasteiger partial charge in [0.15, 0.2) is 0 Å². The fourth-order valence-corrected chi connectivity index (χ4v) is 3.35. The van der Waals surface area contributed by atoms with E-state index in [2.05, 4.69) is 71.2 Å². The normalized spacial score (nSPS) is 12.7. The fourth-order valence-electron chi connectivity index (χ4n) is 1.77. The van der Waals surface area contributed by atoms with Crippen LogP contribution in [0.3, 0.4) is 0 Å². The Hall–Kier alpha value is -0.390. The summed E-state index contributed by atoms with van der Waals surface area (Å²) in [6.07, 6.45) is 0. The second-order valence-electron chi connectivity index (χ2n) is 3.73. The van der Waals surface area contributed by atoms with Crippen LogP contribution in [0.1, 0.15) is 21.4 Å². The Kier molecular flexibility index (Phi) is 4.00. The minimum atomic E-state index is 0.313. The van der Waals surface area contributed by atoms with E-state index < -0.39 is 0 Å². The standard InChI is InChI=1S/C13H14INS/c1-9-6-7-12(16-9)13(15-2)10-4-3-5-11(14)8-10/h3-8,13,15H,1-2H3. The first-order chi connectivity index (χ1) is 7.70. The van der Waals surface area contributed by atoms with Crippen molar-refractivity contribution < 1.29 is 0 Å². The van der Waals surface area contributed by atoms with Crippen molar-refractivity contribution >= 4 is 33.9 Å². The Balaban J connectivity index is 2.36. The van der Waals surface area contributed by atoms with Crippen molar-refractivity contribution in [1.29, 1.82) is 0 Å². The number of hydrogen-bond donors (Lipinski definition) is 1. The molecule has 0 saturated carbocycles. The predicted molar refractivity (Wildman–Crippen MR) is 79.1 cm³/mol. The van der Waals surface area contributed by atoms with Crippen molar-refractivity contribution in [2.75, 3.05) is 7.05 Å². The Morgan fingerprint density at radius 1 is 1.25 bits per heavy atom. The number of benzene rings is 1. The molecular formula is C13H14INS. The molecule has 1 aromatic heterocycles. The molecule has 0 saturated heterocycles. The molecule has 1 N–H and O–H groups in total. The van der Waals surface area contributed by atoms with Gasteiger partial charge in [-0.05, 0) is 66.4 Å². The van der Waals surface area contributed by atoms with Crippen LogP contribution in [0.25, 0.3) is 0 Å². The lowest BCUT2D eigenvalue weighted by Gasteiger charge is -2.15. The van der Waals surface area contributed by atoms with Gasteiger partial charge in [0.2, 0.25) is 0 Å². The van der Waals surface area contributed by atoms with Gasteiger partial charge in [-0.25, -0.2) is 0 Å². The number of rotatable bonds is 3. The van der Waals surface area contributed by atoms with Crippen molar-refractivity contribution in [2.45, 2.75) is 13.0 Å². The molecule has 0 amide bonds. The molecule has 16 heavy (non-hydrogen) atoms. The topological polar surface area (TPSA) is 12.0 Å². The number of aryl methyl sites for hydroxylation is 1. The number of hydrogen-bond acceptors (Lipinski definition) is 2. The largest absolute Gasteiger partial charge is 0.309 e. The second kappa shape index (κ2) is 5.29. The van der Waals surface area contributed by atoms with Gasteiger partial charge in [-0.1, -0.05) is 12.1 Å². The van der Waals surface area contributed by atoms with Crippen LogP contribution in [0.2, 0.25) is 0 Å². The van der Waals surface area contributed by atoms with Crippen LogP contribution in [-0.2, 0) is 0 Å². The lowest BCUT2D eigenvalue weighted by Crippen LogP contribution is -2.16. The van der Waals surface area contributed by atoms with E-state index in [1.54, 1.807) is 0 Å². The van der Waals surface area contributed by atoms with Gasteiger partial charge in [0.1, 0.15) is 0 Å². The molecule has 1 aromatic carbocycles. The summed E-state index contributed by atoms with van der Waals surface area (Å²) in [5.74, 6) is 0. The highest BCUT2D eigenvalue weighted by Crippen LogP contribution is 2.28. The van der Waals surface area contributed by atoms with Crippen molar-refractivity contribution in [3.8, 4) is 0 Å². The molecule has 0 fully saturated rings. The molecule has 1 atom stereocenters. The average Bonchev–Trinajstić information content (AvgIpc) is 2.66. The highest BCUT2D eigenvalue weighted by molar-refractivity contribution is 14.1. The van der Waals surface area contributed by atoms with Gasteiger partial charge in [-0.15, -0.1) is 11.3 Å². The molecule has 2 rings (SSSR count). The van der Waals surface area contributed by atoms with Crippen molar-refractivity contribution in [3.05, 3.63) is 55.3 Å². The summed E-state index contributed by atoms with van der Waals surface area (Å²) >= 11 is 4.21. The third kappa shape index (κ3) is 2.64. The van der Waals surface area contributed by atoms with Gasteiger partial charge >= 0.3 is 0 Å². The highest BCUT2D eigenvalue weighted by Gasteiger charge is 2.13. The third-order valence-corrected chi connectivity index (χ3v) is 4.25. The Morgan fingerprint density at radius 2 is 2.06 bits per heavy atom. The molecule has 0 radical (unpaired) electrons. The zero-order valence-electron chi connectivity index (χ0n) is 9.33. The Morgan fingerprint density at radius 3 is 2.62 bits per heavy atom. The molecule has 2 aromatic rings.